The van der Waals surface area contributed by atoms with Crippen LogP contribution in [0.15, 0.2) is 59.8 Å². The predicted molar refractivity (Wildman–Crippen MR) is 116 cm³/mol. The van der Waals surface area contributed by atoms with E-state index in [2.05, 4.69) is 10.1 Å². The zero-order valence-corrected chi connectivity index (χ0v) is 17.8. The van der Waals surface area contributed by atoms with Crippen molar-refractivity contribution < 1.29 is 14.7 Å². The highest BCUT2D eigenvalue weighted by molar-refractivity contribution is 6.30. The molecule has 0 aliphatic carbocycles. The van der Waals surface area contributed by atoms with E-state index >= 15 is 0 Å². The van der Waals surface area contributed by atoms with E-state index in [9.17, 15) is 5.11 Å². The molecule has 0 fully saturated rings. The fraction of sp³-hybridized carbons (Fsp3) is 0.435. The van der Waals surface area contributed by atoms with Crippen molar-refractivity contribution in [3.05, 3.63) is 70.7 Å². The molecule has 2 atom stereocenters. The lowest BCUT2D eigenvalue weighted by molar-refractivity contribution is -0.0194. The minimum Gasteiger partial charge on any atom is -0.390 e. The number of rotatable bonds is 10. The van der Waals surface area contributed by atoms with Crippen molar-refractivity contribution in [1.82, 2.24) is 4.90 Å². The van der Waals surface area contributed by atoms with Crippen molar-refractivity contribution in [1.29, 1.82) is 0 Å². The van der Waals surface area contributed by atoms with E-state index in [0.29, 0.717) is 31.3 Å². The molecule has 1 heterocycles. The van der Waals surface area contributed by atoms with Crippen LogP contribution in [0.3, 0.4) is 0 Å². The fourth-order valence-corrected chi connectivity index (χ4v) is 3.58. The Morgan fingerprint density at radius 3 is 2.72 bits per heavy atom. The van der Waals surface area contributed by atoms with E-state index in [1.54, 1.807) is 0 Å². The lowest BCUT2D eigenvalue weighted by Crippen LogP contribution is -2.39. The fourth-order valence-electron chi connectivity index (χ4n) is 3.37. The minimum absolute atomic E-state index is 0.0531. The highest BCUT2D eigenvalue weighted by Crippen LogP contribution is 2.19. The normalized spacial score (nSPS) is 17.4. The summed E-state index contributed by atoms with van der Waals surface area (Å²) in [7, 11) is 0. The Hall–Kier alpha value is -1.92. The van der Waals surface area contributed by atoms with Crippen LogP contribution >= 0.6 is 11.6 Å². The van der Waals surface area contributed by atoms with Crippen LogP contribution in [0.5, 0.6) is 0 Å². The first-order chi connectivity index (χ1) is 14.0. The van der Waals surface area contributed by atoms with Gasteiger partial charge in [0.1, 0.15) is 6.10 Å². The second kappa shape index (κ2) is 10.7. The van der Waals surface area contributed by atoms with Gasteiger partial charge in [0.2, 0.25) is 0 Å². The Morgan fingerprint density at radius 1 is 1.21 bits per heavy atom. The number of nitrogens with zero attached hydrogens (tertiary/aromatic N) is 2. The standard InChI is InChI=1S/C23H29ClN2O3/c1-17(2)28-16-21(27)14-26(13-18-7-6-10-20(24)11-18)15-22-12-23(25-29-22)19-8-4-3-5-9-19/h3-11,17,21-22,27H,12-16H2,1-2H3/t21-,22-/m0/s1. The zero-order valence-electron chi connectivity index (χ0n) is 17.0. The second-order valence-electron chi connectivity index (χ2n) is 7.70. The molecule has 0 bridgehead atoms. The van der Waals surface area contributed by atoms with Crippen molar-refractivity contribution in [3.63, 3.8) is 0 Å². The van der Waals surface area contributed by atoms with Crippen LogP contribution in [0.1, 0.15) is 31.4 Å². The van der Waals surface area contributed by atoms with E-state index in [1.165, 1.54) is 0 Å². The number of aliphatic hydroxyl groups excluding tert-OH is 1. The van der Waals surface area contributed by atoms with Crippen LogP contribution < -0.4 is 0 Å². The van der Waals surface area contributed by atoms with Crippen LogP contribution in [0.2, 0.25) is 5.02 Å². The van der Waals surface area contributed by atoms with E-state index in [-0.39, 0.29) is 12.2 Å². The molecular weight excluding hydrogens is 388 g/mol. The number of benzene rings is 2. The van der Waals surface area contributed by atoms with Crippen molar-refractivity contribution in [2.45, 2.75) is 45.1 Å². The number of oxime groups is 1. The predicted octanol–water partition coefficient (Wildman–Crippen LogP) is 4.12. The van der Waals surface area contributed by atoms with Crippen LogP contribution in [-0.2, 0) is 16.1 Å². The molecule has 1 N–H and O–H groups in total. The maximum absolute atomic E-state index is 10.4. The van der Waals surface area contributed by atoms with Gasteiger partial charge >= 0.3 is 0 Å². The van der Waals surface area contributed by atoms with E-state index in [4.69, 9.17) is 21.2 Å². The van der Waals surface area contributed by atoms with Crippen molar-refractivity contribution in [2.24, 2.45) is 5.16 Å². The highest BCUT2D eigenvalue weighted by Gasteiger charge is 2.25. The number of aliphatic hydroxyl groups is 1. The summed E-state index contributed by atoms with van der Waals surface area (Å²) in [6.45, 7) is 6.04. The summed E-state index contributed by atoms with van der Waals surface area (Å²) in [5.74, 6) is 0. The molecule has 0 unspecified atom stereocenters. The smallest absolute Gasteiger partial charge is 0.145 e. The summed E-state index contributed by atoms with van der Waals surface area (Å²) in [6.07, 6.45) is 0.204. The summed E-state index contributed by atoms with van der Waals surface area (Å²) in [5, 5.41) is 15.4. The van der Waals surface area contributed by atoms with Crippen LogP contribution in [0.4, 0.5) is 0 Å². The van der Waals surface area contributed by atoms with Crippen molar-refractivity contribution >= 4 is 17.3 Å². The Bertz CT molecular complexity index is 798. The minimum atomic E-state index is -0.576. The molecule has 1 aliphatic rings. The van der Waals surface area contributed by atoms with Gasteiger partial charge in [-0.3, -0.25) is 4.90 Å². The molecule has 6 heteroatoms. The highest BCUT2D eigenvalue weighted by atomic mass is 35.5. The third kappa shape index (κ3) is 7.12. The first-order valence-electron chi connectivity index (χ1n) is 10.0. The van der Waals surface area contributed by atoms with Crippen molar-refractivity contribution in [3.8, 4) is 0 Å². The molecule has 0 saturated heterocycles. The van der Waals surface area contributed by atoms with Crippen LogP contribution in [0, 0.1) is 0 Å². The maximum Gasteiger partial charge on any atom is 0.145 e. The van der Waals surface area contributed by atoms with Crippen LogP contribution in [-0.4, -0.2) is 53.7 Å². The molecule has 0 radical (unpaired) electrons. The summed E-state index contributed by atoms with van der Waals surface area (Å²) >= 11 is 6.14. The SMILES string of the molecule is CC(C)OC[C@@H](O)CN(Cc1cccc(Cl)c1)C[C@@H]1CC(c2ccccc2)=NO1. The van der Waals surface area contributed by atoms with Crippen molar-refractivity contribution in [2.75, 3.05) is 19.7 Å². The molecule has 29 heavy (non-hydrogen) atoms. The molecule has 0 amide bonds. The van der Waals surface area contributed by atoms with Gasteiger partial charge in [0.15, 0.2) is 0 Å². The van der Waals surface area contributed by atoms with Gasteiger partial charge in [-0.1, -0.05) is 59.2 Å². The first-order valence-corrected chi connectivity index (χ1v) is 10.4. The third-order valence-electron chi connectivity index (χ3n) is 4.69. The largest absolute Gasteiger partial charge is 0.390 e. The van der Waals surface area contributed by atoms with E-state index in [1.807, 2.05) is 68.4 Å². The van der Waals surface area contributed by atoms with E-state index < -0.39 is 6.10 Å². The van der Waals surface area contributed by atoms with E-state index in [0.717, 1.165) is 23.3 Å². The van der Waals surface area contributed by atoms with Gasteiger partial charge in [0, 0.05) is 31.1 Å². The van der Waals surface area contributed by atoms with Gasteiger partial charge < -0.3 is 14.7 Å². The molecule has 2 aromatic rings. The molecular formula is C23H29ClN2O3. The van der Waals surface area contributed by atoms with Gasteiger partial charge in [-0.15, -0.1) is 0 Å². The maximum atomic E-state index is 10.4. The average Bonchev–Trinajstić information content (AvgIpc) is 3.15. The molecule has 0 aromatic heterocycles. The zero-order chi connectivity index (χ0) is 20.6. The van der Waals surface area contributed by atoms with Gasteiger partial charge in [-0.25, -0.2) is 0 Å². The number of ether oxygens (including phenoxy) is 1. The Labute approximate surface area is 177 Å². The summed E-state index contributed by atoms with van der Waals surface area (Å²) in [6, 6.07) is 17.9. The quantitative estimate of drug-likeness (QED) is 0.633. The topological polar surface area (TPSA) is 54.3 Å². The molecule has 0 saturated carbocycles. The van der Waals surface area contributed by atoms with Gasteiger partial charge in [0.25, 0.3) is 0 Å². The molecule has 2 aromatic carbocycles. The number of hydrogen-bond donors (Lipinski definition) is 1. The van der Waals surface area contributed by atoms with Crippen LogP contribution in [0.25, 0.3) is 0 Å². The molecule has 1 aliphatic heterocycles. The molecule has 0 spiro atoms. The number of halogens is 1. The Balaban J connectivity index is 1.61. The number of hydrogen-bond acceptors (Lipinski definition) is 5. The molecule has 3 rings (SSSR count). The van der Waals surface area contributed by atoms with Gasteiger partial charge in [-0.2, -0.15) is 0 Å². The lowest BCUT2D eigenvalue weighted by Gasteiger charge is -2.27. The summed E-state index contributed by atoms with van der Waals surface area (Å²) in [4.78, 5) is 7.87. The second-order valence-corrected chi connectivity index (χ2v) is 8.13. The monoisotopic (exact) mass is 416 g/mol. The average molecular weight is 417 g/mol. The van der Waals surface area contributed by atoms with Gasteiger partial charge in [0.05, 0.1) is 24.5 Å². The Morgan fingerprint density at radius 2 is 2.00 bits per heavy atom. The lowest BCUT2D eigenvalue weighted by atomic mass is 10.0. The summed E-state index contributed by atoms with van der Waals surface area (Å²) in [5.41, 5.74) is 3.14. The summed E-state index contributed by atoms with van der Waals surface area (Å²) < 4.78 is 5.57. The Kier molecular flexibility index (Phi) is 8.07. The molecule has 5 nitrogen and oxygen atoms in total. The molecule has 156 valence electrons. The third-order valence-corrected chi connectivity index (χ3v) is 4.92. The first kappa shape index (κ1) is 21.8. The van der Waals surface area contributed by atoms with Gasteiger partial charge in [-0.05, 0) is 37.1 Å².